The molecule has 1 rings (SSSR count). The summed E-state index contributed by atoms with van der Waals surface area (Å²) in [7, 11) is 0. The zero-order valence-electron chi connectivity index (χ0n) is 8.07. The first kappa shape index (κ1) is 10.5. The van der Waals surface area contributed by atoms with Crippen LogP contribution in [0.15, 0.2) is 18.3 Å². The number of aliphatic hydroxyl groups excluding tert-OH is 1. The van der Waals surface area contributed by atoms with Crippen molar-refractivity contribution in [1.82, 2.24) is 4.98 Å². The molecule has 1 unspecified atom stereocenters. The van der Waals surface area contributed by atoms with Gasteiger partial charge in [-0.05, 0) is 18.6 Å². The Hall–Kier alpha value is -1.60. The van der Waals surface area contributed by atoms with Crippen molar-refractivity contribution in [1.29, 1.82) is 5.26 Å². The minimum Gasteiger partial charge on any atom is -0.394 e. The van der Waals surface area contributed by atoms with Crippen molar-refractivity contribution in [3.8, 4) is 6.07 Å². The van der Waals surface area contributed by atoms with Crippen LogP contribution in [0.2, 0.25) is 0 Å². The Labute approximate surface area is 83.2 Å². The van der Waals surface area contributed by atoms with Crippen LogP contribution in [-0.4, -0.2) is 22.7 Å². The van der Waals surface area contributed by atoms with Crippen LogP contribution in [0.5, 0.6) is 0 Å². The van der Waals surface area contributed by atoms with Gasteiger partial charge in [0, 0.05) is 12.2 Å². The van der Waals surface area contributed by atoms with E-state index in [1.165, 1.54) is 0 Å². The number of hydrogen-bond acceptors (Lipinski definition) is 4. The highest BCUT2D eigenvalue weighted by molar-refractivity contribution is 5.53. The minimum absolute atomic E-state index is 0.0219. The summed E-state index contributed by atoms with van der Waals surface area (Å²) in [4.78, 5) is 3.91. The summed E-state index contributed by atoms with van der Waals surface area (Å²) in [5.74, 6) is 0. The lowest BCUT2D eigenvalue weighted by molar-refractivity contribution is 0.272. The third-order valence-electron chi connectivity index (χ3n) is 1.99. The van der Waals surface area contributed by atoms with Gasteiger partial charge in [0.15, 0.2) is 5.69 Å². The van der Waals surface area contributed by atoms with E-state index in [0.717, 1.165) is 6.42 Å². The lowest BCUT2D eigenvalue weighted by atomic mass is 10.2. The van der Waals surface area contributed by atoms with Gasteiger partial charge in [0.25, 0.3) is 0 Å². The van der Waals surface area contributed by atoms with Gasteiger partial charge >= 0.3 is 0 Å². The summed E-state index contributed by atoms with van der Waals surface area (Å²) in [5.41, 5.74) is 1.04. The van der Waals surface area contributed by atoms with E-state index in [2.05, 4.69) is 10.3 Å². The van der Waals surface area contributed by atoms with Gasteiger partial charge in [-0.25, -0.2) is 4.98 Å². The minimum atomic E-state index is -0.0219. The molecule has 1 heterocycles. The van der Waals surface area contributed by atoms with Crippen molar-refractivity contribution in [2.24, 2.45) is 0 Å². The van der Waals surface area contributed by atoms with Crippen molar-refractivity contribution in [2.45, 2.75) is 19.4 Å². The lowest BCUT2D eigenvalue weighted by Crippen LogP contribution is -2.23. The highest BCUT2D eigenvalue weighted by atomic mass is 16.3. The SMILES string of the molecule is CCC(CO)Nc1cccnc1C#N. The highest BCUT2D eigenvalue weighted by Crippen LogP contribution is 2.12. The van der Waals surface area contributed by atoms with Gasteiger partial charge in [-0.1, -0.05) is 6.92 Å². The Morgan fingerprint density at radius 1 is 1.71 bits per heavy atom. The molecular weight excluding hydrogens is 178 g/mol. The van der Waals surface area contributed by atoms with E-state index in [4.69, 9.17) is 10.4 Å². The van der Waals surface area contributed by atoms with Gasteiger partial charge in [0.1, 0.15) is 6.07 Å². The first-order chi connectivity index (χ1) is 6.81. The predicted octanol–water partition coefficient (Wildman–Crippen LogP) is 1.14. The molecule has 74 valence electrons. The molecule has 1 aromatic heterocycles. The predicted molar refractivity (Wildman–Crippen MR) is 53.7 cm³/mol. The molecule has 0 amide bonds. The maximum Gasteiger partial charge on any atom is 0.163 e. The summed E-state index contributed by atoms with van der Waals surface area (Å²) in [5, 5.41) is 20.8. The largest absolute Gasteiger partial charge is 0.394 e. The van der Waals surface area contributed by atoms with Crippen molar-refractivity contribution in [2.75, 3.05) is 11.9 Å². The summed E-state index contributed by atoms with van der Waals surface area (Å²) in [6, 6.07) is 5.51. The molecule has 14 heavy (non-hydrogen) atoms. The topological polar surface area (TPSA) is 68.9 Å². The number of pyridine rings is 1. The fourth-order valence-corrected chi connectivity index (χ4v) is 1.11. The maximum atomic E-state index is 8.99. The molecule has 4 heteroatoms. The van der Waals surface area contributed by atoms with Crippen LogP contribution >= 0.6 is 0 Å². The number of aromatic nitrogens is 1. The van der Waals surface area contributed by atoms with Crippen molar-refractivity contribution >= 4 is 5.69 Å². The Bertz CT molecular complexity index is 328. The van der Waals surface area contributed by atoms with Crippen LogP contribution in [-0.2, 0) is 0 Å². The zero-order valence-corrected chi connectivity index (χ0v) is 8.07. The smallest absolute Gasteiger partial charge is 0.163 e. The summed E-state index contributed by atoms with van der Waals surface area (Å²) < 4.78 is 0. The second-order valence-electron chi connectivity index (χ2n) is 2.94. The molecule has 0 saturated carbocycles. The second kappa shape index (κ2) is 5.20. The molecule has 0 radical (unpaired) electrons. The van der Waals surface area contributed by atoms with Gasteiger partial charge in [-0.15, -0.1) is 0 Å². The number of hydrogen-bond donors (Lipinski definition) is 2. The zero-order chi connectivity index (χ0) is 10.4. The van der Waals surface area contributed by atoms with Crippen LogP contribution in [0.3, 0.4) is 0 Å². The third-order valence-corrected chi connectivity index (χ3v) is 1.99. The third kappa shape index (κ3) is 2.44. The van der Waals surface area contributed by atoms with Crippen molar-refractivity contribution < 1.29 is 5.11 Å². The average Bonchev–Trinajstić information content (AvgIpc) is 2.26. The van der Waals surface area contributed by atoms with Gasteiger partial charge in [0.2, 0.25) is 0 Å². The van der Waals surface area contributed by atoms with Gasteiger partial charge in [-0.3, -0.25) is 0 Å². The highest BCUT2D eigenvalue weighted by Gasteiger charge is 2.07. The maximum absolute atomic E-state index is 8.99. The van der Waals surface area contributed by atoms with Crippen molar-refractivity contribution in [3.63, 3.8) is 0 Å². The molecule has 0 saturated heterocycles. The molecule has 1 aromatic rings. The normalized spacial score (nSPS) is 11.8. The Morgan fingerprint density at radius 2 is 2.50 bits per heavy atom. The summed E-state index contributed by atoms with van der Waals surface area (Å²) >= 11 is 0. The van der Waals surface area contributed by atoms with E-state index in [9.17, 15) is 0 Å². The van der Waals surface area contributed by atoms with Crippen LogP contribution in [0.1, 0.15) is 19.0 Å². The fourth-order valence-electron chi connectivity index (χ4n) is 1.11. The Kier molecular flexibility index (Phi) is 3.89. The number of nitrogens with one attached hydrogen (secondary N) is 1. The number of nitrogens with zero attached hydrogens (tertiary/aromatic N) is 2. The Balaban J connectivity index is 2.80. The standard InChI is InChI=1S/C10H13N3O/c1-2-8(7-14)13-9-4-3-5-12-10(9)6-11/h3-5,8,13-14H,2,7H2,1H3. The molecule has 0 aromatic carbocycles. The summed E-state index contributed by atoms with van der Waals surface area (Å²) in [6.07, 6.45) is 2.37. The number of aliphatic hydroxyl groups is 1. The van der Waals surface area contributed by atoms with Crippen molar-refractivity contribution in [3.05, 3.63) is 24.0 Å². The molecular formula is C10H13N3O. The van der Waals surface area contributed by atoms with Crippen LogP contribution in [0, 0.1) is 11.3 Å². The van der Waals surface area contributed by atoms with E-state index >= 15 is 0 Å². The van der Waals surface area contributed by atoms with E-state index in [-0.39, 0.29) is 12.6 Å². The van der Waals surface area contributed by atoms with Gasteiger partial charge in [-0.2, -0.15) is 5.26 Å². The Morgan fingerprint density at radius 3 is 3.07 bits per heavy atom. The lowest BCUT2D eigenvalue weighted by Gasteiger charge is -2.15. The number of rotatable bonds is 4. The monoisotopic (exact) mass is 191 g/mol. The quantitative estimate of drug-likeness (QED) is 0.748. The number of nitriles is 1. The molecule has 0 bridgehead atoms. The fraction of sp³-hybridized carbons (Fsp3) is 0.400. The van der Waals surface area contributed by atoms with Crippen LogP contribution in [0.4, 0.5) is 5.69 Å². The van der Waals surface area contributed by atoms with E-state index in [0.29, 0.717) is 11.4 Å². The van der Waals surface area contributed by atoms with Gasteiger partial charge < -0.3 is 10.4 Å². The van der Waals surface area contributed by atoms with Gasteiger partial charge in [0.05, 0.1) is 12.3 Å². The molecule has 0 aliphatic rings. The first-order valence-electron chi connectivity index (χ1n) is 4.54. The van der Waals surface area contributed by atoms with E-state index in [1.807, 2.05) is 13.0 Å². The molecule has 4 nitrogen and oxygen atoms in total. The first-order valence-corrected chi connectivity index (χ1v) is 4.54. The molecule has 2 N–H and O–H groups in total. The second-order valence-corrected chi connectivity index (χ2v) is 2.94. The van der Waals surface area contributed by atoms with Crippen LogP contribution < -0.4 is 5.32 Å². The van der Waals surface area contributed by atoms with E-state index in [1.54, 1.807) is 18.3 Å². The molecule has 0 spiro atoms. The van der Waals surface area contributed by atoms with E-state index < -0.39 is 0 Å². The summed E-state index contributed by atoms with van der Waals surface area (Å²) in [6.45, 7) is 2.02. The van der Waals surface area contributed by atoms with Crippen LogP contribution in [0.25, 0.3) is 0 Å². The number of anilines is 1. The average molecular weight is 191 g/mol. The molecule has 0 aliphatic heterocycles. The molecule has 0 fully saturated rings. The molecule has 0 aliphatic carbocycles. The molecule has 1 atom stereocenters.